The van der Waals surface area contributed by atoms with Crippen molar-refractivity contribution in [2.75, 3.05) is 10.6 Å². The van der Waals surface area contributed by atoms with E-state index in [4.69, 9.17) is 0 Å². The van der Waals surface area contributed by atoms with E-state index in [1.165, 1.54) is 5.56 Å². The number of para-hydroxylation sites is 2. The minimum atomic E-state index is 0.387. The Morgan fingerprint density at radius 3 is 2.61 bits per heavy atom. The molecule has 0 saturated heterocycles. The molecule has 0 radical (unpaired) electrons. The summed E-state index contributed by atoms with van der Waals surface area (Å²) in [5.74, 6) is 1.45. The van der Waals surface area contributed by atoms with Crippen molar-refractivity contribution in [3.63, 3.8) is 0 Å². The summed E-state index contributed by atoms with van der Waals surface area (Å²) < 4.78 is 0. The number of anilines is 4. The molecule has 2 heterocycles. The highest BCUT2D eigenvalue weighted by Gasteiger charge is 2.11. The second-order valence-corrected chi connectivity index (χ2v) is 6.99. The van der Waals surface area contributed by atoms with Crippen LogP contribution in [0.1, 0.15) is 30.9 Å². The molecule has 0 bridgehead atoms. The van der Waals surface area contributed by atoms with Gasteiger partial charge in [0.15, 0.2) is 5.82 Å². The van der Waals surface area contributed by atoms with Crippen molar-refractivity contribution in [1.29, 1.82) is 0 Å². The van der Waals surface area contributed by atoms with E-state index >= 15 is 0 Å². The number of aryl methyl sites for hydroxylation is 1. The molecule has 0 saturated carbocycles. The molecule has 0 unspecified atom stereocenters. The summed E-state index contributed by atoms with van der Waals surface area (Å²) in [7, 11) is 0. The highest BCUT2D eigenvalue weighted by atomic mass is 15.3. The Morgan fingerprint density at radius 2 is 1.75 bits per heavy atom. The van der Waals surface area contributed by atoms with Crippen LogP contribution < -0.4 is 10.6 Å². The molecule has 0 aliphatic heterocycles. The molecule has 0 atom stereocenters. The van der Waals surface area contributed by atoms with Crippen LogP contribution in [0.4, 0.5) is 23.1 Å². The zero-order valence-corrected chi connectivity index (χ0v) is 16.1. The van der Waals surface area contributed by atoms with Gasteiger partial charge >= 0.3 is 0 Å². The van der Waals surface area contributed by atoms with Crippen molar-refractivity contribution in [3.8, 4) is 0 Å². The van der Waals surface area contributed by atoms with Crippen molar-refractivity contribution in [1.82, 2.24) is 20.2 Å². The predicted molar refractivity (Wildman–Crippen MR) is 113 cm³/mol. The fraction of sp³-hybridized carbons (Fsp3) is 0.182. The van der Waals surface area contributed by atoms with E-state index in [1.54, 1.807) is 12.4 Å². The number of hydrogen-bond acceptors (Lipinski definition) is 6. The van der Waals surface area contributed by atoms with Gasteiger partial charge in [-0.25, -0.2) is 0 Å². The number of rotatable bonds is 5. The average molecular weight is 370 g/mol. The van der Waals surface area contributed by atoms with Crippen LogP contribution in [-0.4, -0.2) is 20.2 Å². The lowest BCUT2D eigenvalue weighted by Gasteiger charge is -2.16. The molecule has 6 heteroatoms. The van der Waals surface area contributed by atoms with Gasteiger partial charge in [0.05, 0.1) is 17.4 Å². The molecular weight excluding hydrogens is 348 g/mol. The van der Waals surface area contributed by atoms with Crippen LogP contribution in [0.15, 0.2) is 60.9 Å². The number of benzene rings is 2. The van der Waals surface area contributed by atoms with Crippen LogP contribution in [0.25, 0.3) is 10.9 Å². The summed E-state index contributed by atoms with van der Waals surface area (Å²) in [6, 6.07) is 16.2. The molecular formula is C22H22N6. The van der Waals surface area contributed by atoms with Crippen molar-refractivity contribution >= 4 is 34.0 Å². The van der Waals surface area contributed by atoms with Gasteiger partial charge in [0, 0.05) is 17.3 Å². The third kappa shape index (κ3) is 3.62. The van der Waals surface area contributed by atoms with Gasteiger partial charge in [-0.3, -0.25) is 4.98 Å². The molecule has 140 valence electrons. The molecule has 0 spiro atoms. The Labute approximate surface area is 164 Å². The lowest BCUT2D eigenvalue weighted by atomic mass is 9.98. The molecule has 0 amide bonds. The molecule has 0 aliphatic carbocycles. The second-order valence-electron chi connectivity index (χ2n) is 6.99. The van der Waals surface area contributed by atoms with Gasteiger partial charge in [0.2, 0.25) is 5.95 Å². The summed E-state index contributed by atoms with van der Waals surface area (Å²) in [4.78, 5) is 9.06. The predicted octanol–water partition coefficient (Wildman–Crippen LogP) is 5.34. The molecule has 4 aromatic rings. The zero-order valence-electron chi connectivity index (χ0n) is 16.1. The van der Waals surface area contributed by atoms with Crippen LogP contribution in [0.3, 0.4) is 0 Å². The highest BCUT2D eigenvalue weighted by Crippen LogP contribution is 2.29. The molecule has 2 aromatic heterocycles. The Balaban J connectivity index is 1.64. The summed E-state index contributed by atoms with van der Waals surface area (Å²) >= 11 is 0. The standard InChI is InChI=1S/C22H22N6/c1-14(2)17-10-4-7-15(3)20(17)27-22-26-19(13-24-28-22)25-18-11-5-8-16-9-6-12-23-21(16)18/h4-14H,1-3H3,(H2,25,26,27,28). The van der Waals surface area contributed by atoms with Gasteiger partial charge in [-0.05, 0) is 36.1 Å². The molecule has 28 heavy (non-hydrogen) atoms. The Kier molecular flexibility index (Phi) is 4.85. The normalized spacial score (nSPS) is 11.0. The van der Waals surface area contributed by atoms with Crippen LogP contribution in [0.5, 0.6) is 0 Å². The van der Waals surface area contributed by atoms with E-state index in [0.717, 1.165) is 27.8 Å². The average Bonchev–Trinajstić information content (AvgIpc) is 2.70. The van der Waals surface area contributed by atoms with Crippen LogP contribution in [0.2, 0.25) is 0 Å². The maximum atomic E-state index is 4.59. The summed E-state index contributed by atoms with van der Waals surface area (Å²) in [5, 5.41) is 16.0. The van der Waals surface area contributed by atoms with Crippen LogP contribution >= 0.6 is 0 Å². The topological polar surface area (TPSA) is 75.6 Å². The van der Waals surface area contributed by atoms with E-state index in [9.17, 15) is 0 Å². The number of pyridine rings is 1. The number of nitrogens with one attached hydrogen (secondary N) is 2. The first kappa shape index (κ1) is 17.9. The van der Waals surface area contributed by atoms with Gasteiger partial charge < -0.3 is 10.6 Å². The molecule has 4 rings (SSSR count). The van der Waals surface area contributed by atoms with E-state index in [-0.39, 0.29) is 0 Å². The smallest absolute Gasteiger partial charge is 0.249 e. The van der Waals surface area contributed by atoms with Crippen LogP contribution in [-0.2, 0) is 0 Å². The second kappa shape index (κ2) is 7.60. The van der Waals surface area contributed by atoms with E-state index in [1.807, 2.05) is 30.3 Å². The first-order chi connectivity index (χ1) is 13.6. The SMILES string of the molecule is Cc1cccc(C(C)C)c1Nc1nncc(Nc2cccc3cccnc23)n1. The summed E-state index contributed by atoms with van der Waals surface area (Å²) in [6.07, 6.45) is 3.39. The minimum Gasteiger partial charge on any atom is -0.337 e. The molecule has 6 nitrogen and oxygen atoms in total. The Hall–Kier alpha value is -3.54. The molecule has 2 N–H and O–H groups in total. The lowest BCUT2D eigenvalue weighted by molar-refractivity contribution is 0.865. The number of fused-ring (bicyclic) bond motifs is 1. The van der Waals surface area contributed by atoms with Crippen LogP contribution in [0, 0.1) is 6.92 Å². The number of nitrogens with zero attached hydrogens (tertiary/aromatic N) is 4. The Morgan fingerprint density at radius 1 is 0.929 bits per heavy atom. The first-order valence-corrected chi connectivity index (χ1v) is 9.29. The van der Waals surface area contributed by atoms with Gasteiger partial charge in [-0.15, -0.1) is 5.10 Å². The van der Waals surface area contributed by atoms with Crippen molar-refractivity contribution < 1.29 is 0 Å². The summed E-state index contributed by atoms with van der Waals surface area (Å²) in [5.41, 5.74) is 5.16. The van der Waals surface area contributed by atoms with Gasteiger partial charge in [0.25, 0.3) is 0 Å². The van der Waals surface area contributed by atoms with Crippen molar-refractivity contribution in [3.05, 3.63) is 72.1 Å². The maximum absolute atomic E-state index is 4.59. The Bertz CT molecular complexity index is 1120. The quantitative estimate of drug-likeness (QED) is 0.494. The van der Waals surface area contributed by atoms with E-state index < -0.39 is 0 Å². The fourth-order valence-electron chi connectivity index (χ4n) is 3.21. The van der Waals surface area contributed by atoms with Crippen molar-refractivity contribution in [2.45, 2.75) is 26.7 Å². The molecule has 0 aliphatic rings. The van der Waals surface area contributed by atoms with Gasteiger partial charge in [-0.1, -0.05) is 50.2 Å². The van der Waals surface area contributed by atoms with E-state index in [0.29, 0.717) is 17.7 Å². The highest BCUT2D eigenvalue weighted by molar-refractivity contribution is 5.91. The molecule has 2 aromatic carbocycles. The zero-order chi connectivity index (χ0) is 19.5. The summed E-state index contributed by atoms with van der Waals surface area (Å²) in [6.45, 7) is 6.42. The third-order valence-electron chi connectivity index (χ3n) is 4.62. The van der Waals surface area contributed by atoms with Gasteiger partial charge in [-0.2, -0.15) is 10.1 Å². The first-order valence-electron chi connectivity index (χ1n) is 9.29. The van der Waals surface area contributed by atoms with E-state index in [2.05, 4.69) is 69.8 Å². The number of aromatic nitrogens is 4. The molecule has 0 fully saturated rings. The minimum absolute atomic E-state index is 0.387. The lowest BCUT2D eigenvalue weighted by Crippen LogP contribution is -2.06. The van der Waals surface area contributed by atoms with Gasteiger partial charge in [0.1, 0.15) is 0 Å². The number of hydrogen-bond donors (Lipinski definition) is 2. The largest absolute Gasteiger partial charge is 0.337 e. The third-order valence-corrected chi connectivity index (χ3v) is 4.62. The monoisotopic (exact) mass is 370 g/mol. The fourth-order valence-corrected chi connectivity index (χ4v) is 3.21. The van der Waals surface area contributed by atoms with Crippen molar-refractivity contribution in [2.24, 2.45) is 0 Å². The maximum Gasteiger partial charge on any atom is 0.249 e.